The second-order valence-corrected chi connectivity index (χ2v) is 12.2. The quantitative estimate of drug-likeness (QED) is 0.183. The average Bonchev–Trinajstić information content (AvgIpc) is 3.62. The Kier molecular flexibility index (Phi) is 6.43. The molecule has 2 aliphatic carbocycles. The lowest BCUT2D eigenvalue weighted by atomic mass is 9.70. The van der Waals surface area contributed by atoms with Gasteiger partial charge in [-0.15, -0.1) is 0 Å². The highest BCUT2D eigenvalue weighted by Gasteiger charge is 2.46. The Labute approximate surface area is 280 Å². The van der Waals surface area contributed by atoms with Gasteiger partial charge in [0.15, 0.2) is 0 Å². The van der Waals surface area contributed by atoms with Gasteiger partial charge in [0, 0.05) is 47.0 Å². The van der Waals surface area contributed by atoms with Gasteiger partial charge in [-0.2, -0.15) is 0 Å². The highest BCUT2D eigenvalue weighted by atomic mass is 14.6. The number of fused-ring (bicyclic) bond motifs is 6. The smallest absolute Gasteiger partial charge is 0.108 e. The van der Waals surface area contributed by atoms with Crippen LogP contribution in [0.2, 0.25) is 0 Å². The van der Waals surface area contributed by atoms with Gasteiger partial charge in [0.05, 0.1) is 0 Å². The summed E-state index contributed by atoms with van der Waals surface area (Å²) in [5, 5.41) is 0. The van der Waals surface area contributed by atoms with Crippen molar-refractivity contribution in [3.05, 3.63) is 215 Å². The minimum atomic E-state index is -0.679. The Morgan fingerprint density at radius 2 is 0.729 bits per heavy atom. The summed E-state index contributed by atoms with van der Waals surface area (Å²) < 4.78 is 0. The minimum Gasteiger partial charge on any atom is -0.264 e. The lowest BCUT2D eigenvalue weighted by Crippen LogP contribution is -2.27. The Bertz CT molecular complexity index is 2190. The minimum absolute atomic E-state index is 0.679. The Balaban J connectivity index is 1.29. The molecule has 5 aromatic carbocycles. The van der Waals surface area contributed by atoms with E-state index >= 15 is 0 Å². The molecule has 0 spiro atoms. The molecule has 2 aliphatic rings. The van der Waals surface area contributed by atoms with Crippen LogP contribution in [0.25, 0.3) is 22.3 Å². The van der Waals surface area contributed by atoms with Crippen LogP contribution >= 0.6 is 0 Å². The molecule has 2 nitrogen and oxygen atoms in total. The van der Waals surface area contributed by atoms with Gasteiger partial charge in [0.1, 0.15) is 10.8 Å². The summed E-state index contributed by atoms with van der Waals surface area (Å²) in [5.41, 5.74) is 12.1. The van der Waals surface area contributed by atoms with Crippen LogP contribution in [0.5, 0.6) is 0 Å². The Morgan fingerprint density at radius 1 is 0.354 bits per heavy atom. The van der Waals surface area contributed by atoms with E-state index in [1.165, 1.54) is 22.3 Å². The molecule has 0 N–H and O–H groups in total. The SMILES string of the molecule is C(#CC1(c2ccc(C3(C#Cc4ccccc4)c4ccccc4-c4cnccc43)cc2)c2ccccc2-c2cnccc21)c1ccccc1. The predicted molar refractivity (Wildman–Crippen MR) is 192 cm³/mol. The van der Waals surface area contributed by atoms with Gasteiger partial charge in [-0.25, -0.2) is 0 Å². The standard InChI is InChI=1S/C46H28N2/c1-3-11-33(12-4-1)23-27-45(41-17-9-7-15-37(41)39-31-47-29-25-43(39)45)35-19-21-36(22-20-35)46(28-24-34-13-5-2-6-14-34)42-18-10-8-16-38(42)40-32-48-30-26-44(40)46/h1-22,25-26,29-32H. The van der Waals surface area contributed by atoms with Gasteiger partial charge < -0.3 is 0 Å². The summed E-state index contributed by atoms with van der Waals surface area (Å²) in [7, 11) is 0. The van der Waals surface area contributed by atoms with Gasteiger partial charge in [0.2, 0.25) is 0 Å². The molecular weight excluding hydrogens is 581 g/mol. The molecular formula is C46H28N2. The lowest BCUT2D eigenvalue weighted by Gasteiger charge is -2.30. The Hall–Kier alpha value is -6.48. The van der Waals surface area contributed by atoms with Crippen molar-refractivity contribution in [2.24, 2.45) is 0 Å². The van der Waals surface area contributed by atoms with E-state index < -0.39 is 10.8 Å². The maximum atomic E-state index is 4.53. The summed E-state index contributed by atoms with van der Waals surface area (Å²) in [5.74, 6) is 14.7. The van der Waals surface area contributed by atoms with Gasteiger partial charge >= 0.3 is 0 Å². The molecule has 0 aliphatic heterocycles. The van der Waals surface area contributed by atoms with Crippen molar-refractivity contribution in [3.63, 3.8) is 0 Å². The zero-order chi connectivity index (χ0) is 32.0. The van der Waals surface area contributed by atoms with Crippen LogP contribution in [0.1, 0.15) is 44.5 Å². The number of rotatable bonds is 2. The second kappa shape index (κ2) is 11.1. The summed E-state index contributed by atoms with van der Waals surface area (Å²) in [4.78, 5) is 9.06. The second-order valence-electron chi connectivity index (χ2n) is 12.2. The largest absolute Gasteiger partial charge is 0.264 e. The normalized spacial score (nSPS) is 17.8. The monoisotopic (exact) mass is 608 g/mol. The third-order valence-corrected chi connectivity index (χ3v) is 9.78. The van der Waals surface area contributed by atoms with Crippen LogP contribution in [0.15, 0.2) is 170 Å². The summed E-state index contributed by atoms with van der Waals surface area (Å²) in [6.07, 6.45) is 7.71. The molecule has 2 atom stereocenters. The van der Waals surface area contributed by atoms with E-state index in [0.717, 1.165) is 44.5 Å². The molecule has 0 saturated carbocycles. The van der Waals surface area contributed by atoms with Crippen molar-refractivity contribution in [1.82, 2.24) is 9.97 Å². The van der Waals surface area contributed by atoms with Gasteiger partial charge in [-0.05, 0) is 80.9 Å². The van der Waals surface area contributed by atoms with E-state index in [-0.39, 0.29) is 0 Å². The van der Waals surface area contributed by atoms with Crippen molar-refractivity contribution < 1.29 is 0 Å². The molecule has 0 radical (unpaired) electrons. The summed E-state index contributed by atoms with van der Waals surface area (Å²) in [6, 6.07) is 51.0. The first kappa shape index (κ1) is 27.8. The molecule has 0 saturated heterocycles. The molecule has 2 unspecified atom stereocenters. The number of hydrogen-bond donors (Lipinski definition) is 0. The van der Waals surface area contributed by atoms with E-state index in [2.05, 4.69) is 143 Å². The van der Waals surface area contributed by atoms with E-state index in [1.807, 2.05) is 61.2 Å². The maximum absolute atomic E-state index is 4.53. The first-order chi connectivity index (χ1) is 23.8. The van der Waals surface area contributed by atoms with Crippen molar-refractivity contribution in [1.29, 1.82) is 0 Å². The fourth-order valence-electron chi connectivity index (χ4n) is 7.63. The summed E-state index contributed by atoms with van der Waals surface area (Å²) >= 11 is 0. The van der Waals surface area contributed by atoms with Crippen LogP contribution in [-0.2, 0) is 10.8 Å². The van der Waals surface area contributed by atoms with E-state index in [4.69, 9.17) is 0 Å². The fourth-order valence-corrected chi connectivity index (χ4v) is 7.63. The van der Waals surface area contributed by atoms with Gasteiger partial charge in [-0.1, -0.05) is 133 Å². The van der Waals surface area contributed by atoms with Crippen molar-refractivity contribution in [2.75, 3.05) is 0 Å². The molecule has 222 valence electrons. The molecule has 2 heterocycles. The van der Waals surface area contributed by atoms with Crippen molar-refractivity contribution in [3.8, 4) is 45.9 Å². The van der Waals surface area contributed by atoms with E-state index in [9.17, 15) is 0 Å². The van der Waals surface area contributed by atoms with Crippen LogP contribution < -0.4 is 0 Å². The van der Waals surface area contributed by atoms with Gasteiger partial charge in [0.25, 0.3) is 0 Å². The van der Waals surface area contributed by atoms with Crippen molar-refractivity contribution >= 4 is 0 Å². The number of aromatic nitrogens is 2. The molecule has 7 aromatic rings. The van der Waals surface area contributed by atoms with Crippen LogP contribution in [-0.4, -0.2) is 9.97 Å². The highest BCUT2D eigenvalue weighted by Crippen LogP contribution is 2.54. The molecule has 0 amide bonds. The molecule has 2 aromatic heterocycles. The van der Waals surface area contributed by atoms with E-state index in [0.29, 0.717) is 0 Å². The van der Waals surface area contributed by atoms with E-state index in [1.54, 1.807) is 0 Å². The van der Waals surface area contributed by atoms with Crippen molar-refractivity contribution in [2.45, 2.75) is 10.8 Å². The number of nitrogens with zero attached hydrogens (tertiary/aromatic N) is 2. The molecule has 0 bridgehead atoms. The zero-order valence-corrected chi connectivity index (χ0v) is 26.1. The first-order valence-corrected chi connectivity index (χ1v) is 16.2. The summed E-state index contributed by atoms with van der Waals surface area (Å²) in [6.45, 7) is 0. The third kappa shape index (κ3) is 4.10. The average molecular weight is 609 g/mol. The Morgan fingerprint density at radius 3 is 1.17 bits per heavy atom. The van der Waals surface area contributed by atoms with Crippen LogP contribution in [0.4, 0.5) is 0 Å². The topological polar surface area (TPSA) is 25.8 Å². The molecule has 2 heteroatoms. The lowest BCUT2D eigenvalue weighted by molar-refractivity contribution is 0.813. The number of benzene rings is 5. The predicted octanol–water partition coefficient (Wildman–Crippen LogP) is 9.21. The maximum Gasteiger partial charge on any atom is 0.108 e. The number of pyridine rings is 2. The first-order valence-electron chi connectivity index (χ1n) is 16.2. The fraction of sp³-hybridized carbons (Fsp3) is 0.0435. The molecule has 48 heavy (non-hydrogen) atoms. The van der Waals surface area contributed by atoms with Gasteiger partial charge in [-0.3, -0.25) is 9.97 Å². The van der Waals surface area contributed by atoms with Crippen LogP contribution in [0, 0.1) is 23.7 Å². The zero-order valence-electron chi connectivity index (χ0n) is 26.1. The number of hydrogen-bond acceptors (Lipinski definition) is 2. The van der Waals surface area contributed by atoms with Crippen LogP contribution in [0.3, 0.4) is 0 Å². The third-order valence-electron chi connectivity index (χ3n) is 9.78. The highest BCUT2D eigenvalue weighted by molar-refractivity contribution is 5.87. The molecule has 0 fully saturated rings. The molecule has 9 rings (SSSR count).